The molecule has 43 heavy (non-hydrogen) atoms. The number of rotatable bonds is 10. The van der Waals surface area contributed by atoms with Crippen LogP contribution < -0.4 is 10.6 Å². The van der Waals surface area contributed by atoms with Gasteiger partial charge in [-0.25, -0.2) is 4.39 Å². The van der Waals surface area contributed by atoms with Gasteiger partial charge >= 0.3 is 6.18 Å². The molecule has 0 aliphatic carbocycles. The van der Waals surface area contributed by atoms with Crippen molar-refractivity contribution in [1.29, 1.82) is 0 Å². The van der Waals surface area contributed by atoms with Gasteiger partial charge in [-0.1, -0.05) is 11.2 Å². The lowest BCUT2D eigenvalue weighted by Crippen LogP contribution is -2.54. The molecule has 5 rings (SSSR count). The standard InChI is InChI=1S/C28H34F4N8O3/c1-17(14-42-4)40-13-18(11-34-40)26(41)33-12-24-36-25(37-43-24)22-10-19-20(35-23-8-9-38(3)15-27(23,2)29)6-5-7-21(19)39(22)16-28(30,31)32/h5-7,10-11,13,17,23,35H,8-9,12,14-16H2,1-4H3,(H,33,41)/t17?,23-,27-/m1/s1. The molecular formula is C28H34F4N8O3. The summed E-state index contributed by atoms with van der Waals surface area (Å²) in [5.41, 5.74) is -0.371. The molecule has 1 aliphatic rings. The lowest BCUT2D eigenvalue weighted by molar-refractivity contribution is -0.139. The number of halogens is 4. The minimum Gasteiger partial charge on any atom is -0.382 e. The molecule has 3 atom stereocenters. The summed E-state index contributed by atoms with van der Waals surface area (Å²) in [6.07, 6.45) is -1.01. The Bertz CT molecular complexity index is 1580. The summed E-state index contributed by atoms with van der Waals surface area (Å²) in [5.74, 6) is -0.511. The molecule has 1 aromatic carbocycles. The maximum atomic E-state index is 15.4. The summed E-state index contributed by atoms with van der Waals surface area (Å²) in [6.45, 7) is 3.31. The minimum absolute atomic E-state index is 0.00479. The number of fused-ring (bicyclic) bond motifs is 1. The largest absolute Gasteiger partial charge is 0.406 e. The molecule has 0 bridgehead atoms. The summed E-state index contributed by atoms with van der Waals surface area (Å²) in [7, 11) is 3.42. The molecule has 0 radical (unpaired) electrons. The monoisotopic (exact) mass is 606 g/mol. The fraction of sp³-hybridized carbons (Fsp3) is 0.500. The first-order chi connectivity index (χ1) is 20.3. The van der Waals surface area contributed by atoms with Gasteiger partial charge in [0.05, 0.1) is 48.2 Å². The highest BCUT2D eigenvalue weighted by Crippen LogP contribution is 2.36. The molecule has 3 aromatic heterocycles. The van der Waals surface area contributed by atoms with Crippen LogP contribution in [0.15, 0.2) is 41.2 Å². The number of piperidine rings is 1. The second-order valence-electron chi connectivity index (χ2n) is 11.2. The van der Waals surface area contributed by atoms with Gasteiger partial charge in [0.1, 0.15) is 12.2 Å². The molecule has 1 aliphatic heterocycles. The van der Waals surface area contributed by atoms with E-state index in [0.29, 0.717) is 36.2 Å². The Kier molecular flexibility index (Phi) is 8.47. The number of likely N-dealkylation sites (tertiary alicyclic amines) is 1. The Hall–Kier alpha value is -3.98. The third-order valence-corrected chi connectivity index (χ3v) is 7.54. The van der Waals surface area contributed by atoms with Crippen molar-refractivity contribution < 1.29 is 31.6 Å². The fourth-order valence-electron chi connectivity index (χ4n) is 5.43. The first-order valence-corrected chi connectivity index (χ1v) is 13.8. The molecule has 1 unspecified atom stereocenters. The Morgan fingerprint density at radius 2 is 2.12 bits per heavy atom. The average Bonchev–Trinajstić information content (AvgIpc) is 3.67. The summed E-state index contributed by atoms with van der Waals surface area (Å²) in [5, 5.41) is 14.4. The lowest BCUT2D eigenvalue weighted by atomic mass is 9.90. The summed E-state index contributed by atoms with van der Waals surface area (Å²) >= 11 is 0. The van der Waals surface area contributed by atoms with Crippen molar-refractivity contribution in [2.75, 3.05) is 39.2 Å². The van der Waals surface area contributed by atoms with Crippen LogP contribution in [0.2, 0.25) is 0 Å². The van der Waals surface area contributed by atoms with Gasteiger partial charge in [0, 0.05) is 37.5 Å². The third-order valence-electron chi connectivity index (χ3n) is 7.54. The van der Waals surface area contributed by atoms with Crippen LogP contribution >= 0.6 is 0 Å². The minimum atomic E-state index is -4.54. The van der Waals surface area contributed by atoms with Crippen molar-refractivity contribution in [3.05, 3.63) is 48.1 Å². The number of amides is 1. The van der Waals surface area contributed by atoms with Gasteiger partial charge in [0.25, 0.3) is 5.91 Å². The van der Waals surface area contributed by atoms with Crippen LogP contribution in [-0.2, 0) is 17.8 Å². The zero-order chi connectivity index (χ0) is 30.9. The van der Waals surface area contributed by atoms with E-state index in [0.717, 1.165) is 4.57 Å². The van der Waals surface area contributed by atoms with E-state index in [9.17, 15) is 18.0 Å². The van der Waals surface area contributed by atoms with Gasteiger partial charge in [-0.15, -0.1) is 0 Å². The number of aromatic nitrogens is 5. The molecular weight excluding hydrogens is 572 g/mol. The van der Waals surface area contributed by atoms with Crippen molar-refractivity contribution in [3.63, 3.8) is 0 Å². The molecule has 11 nitrogen and oxygen atoms in total. The van der Waals surface area contributed by atoms with Crippen LogP contribution in [0.3, 0.4) is 0 Å². The quantitative estimate of drug-likeness (QED) is 0.255. The highest BCUT2D eigenvalue weighted by atomic mass is 19.4. The van der Waals surface area contributed by atoms with Crippen LogP contribution in [-0.4, -0.2) is 87.0 Å². The highest BCUT2D eigenvalue weighted by Gasteiger charge is 2.39. The Morgan fingerprint density at radius 3 is 2.84 bits per heavy atom. The van der Waals surface area contributed by atoms with E-state index in [4.69, 9.17) is 9.26 Å². The predicted octanol–water partition coefficient (Wildman–Crippen LogP) is 4.43. The van der Waals surface area contributed by atoms with Crippen LogP contribution in [0.1, 0.15) is 42.6 Å². The Labute approximate surface area is 245 Å². The number of alkyl halides is 4. The van der Waals surface area contributed by atoms with E-state index in [-0.39, 0.29) is 42.1 Å². The van der Waals surface area contributed by atoms with Crippen LogP contribution in [0.25, 0.3) is 22.4 Å². The Balaban J connectivity index is 1.39. The first kappa shape index (κ1) is 30.5. The fourth-order valence-corrected chi connectivity index (χ4v) is 5.43. The molecule has 1 saturated heterocycles. The molecule has 1 amide bonds. The number of carbonyl (C=O) groups excluding carboxylic acids is 1. The predicted molar refractivity (Wildman–Crippen MR) is 150 cm³/mol. The third kappa shape index (κ3) is 6.82. The zero-order valence-corrected chi connectivity index (χ0v) is 24.3. The molecule has 15 heteroatoms. The number of hydrogen-bond donors (Lipinski definition) is 2. The van der Waals surface area contributed by atoms with Crippen LogP contribution in [0, 0.1) is 0 Å². The summed E-state index contributed by atoms with van der Waals surface area (Å²) < 4.78 is 69.6. The topological polar surface area (TPSA) is 115 Å². The second-order valence-corrected chi connectivity index (χ2v) is 11.2. The number of ether oxygens (including phenoxy) is 1. The number of methoxy groups -OCH3 is 1. The summed E-state index contributed by atoms with van der Waals surface area (Å²) in [4.78, 5) is 18.8. The molecule has 4 heterocycles. The van der Waals surface area contributed by atoms with E-state index >= 15 is 4.39 Å². The molecule has 2 N–H and O–H groups in total. The molecule has 1 fully saturated rings. The molecule has 0 saturated carbocycles. The number of nitrogens with zero attached hydrogens (tertiary/aromatic N) is 6. The number of hydrogen-bond acceptors (Lipinski definition) is 8. The average molecular weight is 607 g/mol. The molecule has 4 aromatic rings. The van der Waals surface area contributed by atoms with Gasteiger partial charge in [-0.2, -0.15) is 23.3 Å². The van der Waals surface area contributed by atoms with Gasteiger partial charge in [-0.05, 0) is 45.5 Å². The number of anilines is 1. The van der Waals surface area contributed by atoms with Crippen molar-refractivity contribution in [3.8, 4) is 11.5 Å². The van der Waals surface area contributed by atoms with Crippen LogP contribution in [0.5, 0.6) is 0 Å². The maximum absolute atomic E-state index is 15.4. The van der Waals surface area contributed by atoms with Crippen molar-refractivity contribution >= 4 is 22.5 Å². The number of carbonyl (C=O) groups is 1. The SMILES string of the molecule is COCC(C)n1cc(C(=O)NCc2nc(-c3cc4c(N[C@@H]5CCN(C)C[C@@]5(C)F)cccc4n3CC(F)(F)F)no2)cn1. The van der Waals surface area contributed by atoms with Gasteiger partial charge in [0.2, 0.25) is 11.7 Å². The van der Waals surface area contributed by atoms with Crippen LogP contribution in [0.4, 0.5) is 23.2 Å². The lowest BCUT2D eigenvalue weighted by Gasteiger charge is -2.40. The van der Waals surface area contributed by atoms with Crippen molar-refractivity contribution in [2.45, 2.75) is 57.3 Å². The van der Waals surface area contributed by atoms with Crippen molar-refractivity contribution in [2.24, 2.45) is 0 Å². The number of nitrogens with one attached hydrogen (secondary N) is 2. The van der Waals surface area contributed by atoms with E-state index in [1.54, 1.807) is 36.2 Å². The van der Waals surface area contributed by atoms with Gasteiger partial charge < -0.3 is 29.4 Å². The second kappa shape index (κ2) is 12.0. The Morgan fingerprint density at radius 1 is 1.33 bits per heavy atom. The van der Waals surface area contributed by atoms with E-state index in [2.05, 4.69) is 25.9 Å². The maximum Gasteiger partial charge on any atom is 0.406 e. The normalized spacial score (nSPS) is 20.4. The molecule has 232 valence electrons. The highest BCUT2D eigenvalue weighted by molar-refractivity contribution is 5.96. The molecule has 0 spiro atoms. The van der Waals surface area contributed by atoms with E-state index in [1.165, 1.54) is 19.2 Å². The smallest absolute Gasteiger partial charge is 0.382 e. The number of benzene rings is 1. The van der Waals surface area contributed by atoms with Gasteiger partial charge in [-0.3, -0.25) is 9.48 Å². The zero-order valence-electron chi connectivity index (χ0n) is 24.3. The van der Waals surface area contributed by atoms with E-state index in [1.807, 2.05) is 18.9 Å². The first-order valence-electron chi connectivity index (χ1n) is 13.8. The van der Waals surface area contributed by atoms with Crippen molar-refractivity contribution in [1.82, 2.24) is 34.7 Å². The van der Waals surface area contributed by atoms with E-state index < -0.39 is 30.3 Å². The van der Waals surface area contributed by atoms with Gasteiger partial charge in [0.15, 0.2) is 0 Å². The summed E-state index contributed by atoms with van der Waals surface area (Å²) in [6, 6.07) is 5.84.